The summed E-state index contributed by atoms with van der Waals surface area (Å²) in [6.45, 7) is 11.2. The Labute approximate surface area is 713 Å². The van der Waals surface area contributed by atoms with Crippen LogP contribution in [0.2, 0.25) is 10.0 Å². The van der Waals surface area contributed by atoms with Crippen LogP contribution in [0, 0.1) is 62.1 Å². The smallest absolute Gasteiger partial charge is 0.416 e. The van der Waals surface area contributed by atoms with Crippen molar-refractivity contribution in [1.29, 1.82) is 0 Å². The quantitative estimate of drug-likeness (QED) is 0.0305. The molecule has 1 aliphatic rings. The van der Waals surface area contributed by atoms with Crippen LogP contribution in [0.1, 0.15) is 92.5 Å². The van der Waals surface area contributed by atoms with E-state index in [0.29, 0.717) is 166 Å². The van der Waals surface area contributed by atoms with E-state index in [1.165, 1.54) is 30.5 Å². The van der Waals surface area contributed by atoms with Crippen molar-refractivity contribution in [3.05, 3.63) is 246 Å². The summed E-state index contributed by atoms with van der Waals surface area (Å²) in [7, 11) is 16.0. The number of fused-ring (bicyclic) bond motifs is 3. The monoisotopic (exact) mass is 1690 g/mol. The van der Waals surface area contributed by atoms with Gasteiger partial charge >= 0.3 is 6.18 Å². The van der Waals surface area contributed by atoms with Gasteiger partial charge in [0.25, 0.3) is 17.7 Å². The predicted molar refractivity (Wildman–Crippen MR) is 469 cm³/mol. The molecule has 0 radical (unpaired) electrons. The highest BCUT2D eigenvalue weighted by atomic mass is 35.5. The van der Waals surface area contributed by atoms with Crippen molar-refractivity contribution < 1.29 is 60.4 Å². The van der Waals surface area contributed by atoms with E-state index in [0.717, 1.165) is 42.4 Å². The number of likely N-dealkylation sites (N-methyl/N-ethyl adjacent to an activating group) is 3. The van der Waals surface area contributed by atoms with Crippen molar-refractivity contribution in [3.8, 4) is 70.2 Å². The Morgan fingerprint density at radius 1 is 0.508 bits per heavy atom. The molecule has 8 aromatic carbocycles. The Bertz CT molecular complexity index is 6110. The molecule has 122 heavy (non-hydrogen) atoms. The summed E-state index contributed by atoms with van der Waals surface area (Å²) in [5, 5.41) is 11.4. The number of nitrogen functional groups attached to an aromatic ring is 3. The van der Waals surface area contributed by atoms with Gasteiger partial charge in [0.1, 0.15) is 36.2 Å². The van der Waals surface area contributed by atoms with Crippen molar-refractivity contribution in [2.45, 2.75) is 33.5 Å². The lowest BCUT2D eigenvalue weighted by atomic mass is 10.0. The molecule has 25 nitrogen and oxygen atoms in total. The minimum atomic E-state index is -4.57. The number of rotatable bonds is 20. The van der Waals surface area contributed by atoms with E-state index in [1.807, 2.05) is 82.8 Å². The molecule has 0 atom stereocenters. The van der Waals surface area contributed by atoms with Gasteiger partial charge in [-0.15, -0.1) is 0 Å². The highest BCUT2D eigenvalue weighted by Crippen LogP contribution is 2.39. The van der Waals surface area contributed by atoms with Gasteiger partial charge in [0, 0.05) is 137 Å². The zero-order valence-electron chi connectivity index (χ0n) is 68.9. The van der Waals surface area contributed by atoms with Gasteiger partial charge in [-0.25, -0.2) is 34.3 Å². The van der Waals surface area contributed by atoms with Crippen LogP contribution in [0.3, 0.4) is 0 Å². The van der Waals surface area contributed by atoms with Crippen LogP contribution in [0.4, 0.5) is 52.3 Å². The lowest BCUT2D eigenvalue weighted by Gasteiger charge is -2.33. The first-order valence-electron chi connectivity index (χ1n) is 38.0. The van der Waals surface area contributed by atoms with E-state index in [9.17, 15) is 31.9 Å². The Balaban J connectivity index is 0.000000179. The van der Waals surface area contributed by atoms with Crippen LogP contribution in [-0.4, -0.2) is 183 Å². The number of piperazine rings is 1. The van der Waals surface area contributed by atoms with Crippen molar-refractivity contribution in [3.63, 3.8) is 0 Å². The molecular formula is C91H88Cl2F4N16O9. The first-order chi connectivity index (χ1) is 58.3. The Morgan fingerprint density at radius 3 is 1.45 bits per heavy atom. The highest BCUT2D eigenvalue weighted by molar-refractivity contribution is 6.37. The zero-order valence-corrected chi connectivity index (χ0v) is 70.5. The van der Waals surface area contributed by atoms with Crippen LogP contribution in [0.25, 0.3) is 32.6 Å². The Kier molecular flexibility index (Phi) is 29.6. The highest BCUT2D eigenvalue weighted by Gasteiger charge is 2.35. The third-order valence-electron chi connectivity index (χ3n) is 19.3. The van der Waals surface area contributed by atoms with Gasteiger partial charge in [0.15, 0.2) is 28.7 Å². The molecule has 9 N–H and O–H groups in total. The number of nitrogens with two attached hydrogens (primary N) is 3. The number of methoxy groups -OCH3 is 4. The summed E-state index contributed by atoms with van der Waals surface area (Å²) in [6.07, 6.45) is -1.48. The first kappa shape index (κ1) is 89.2. The van der Waals surface area contributed by atoms with Crippen LogP contribution >= 0.6 is 23.2 Å². The molecule has 1 saturated heterocycles. The number of amides is 3. The number of ether oxygens (including phenoxy) is 6. The predicted octanol–water partition coefficient (Wildman–Crippen LogP) is 14.6. The van der Waals surface area contributed by atoms with Gasteiger partial charge in [0.2, 0.25) is 17.8 Å². The second kappa shape index (κ2) is 40.5. The Morgan fingerprint density at radius 2 is 0.975 bits per heavy atom. The maximum absolute atomic E-state index is 14.0. The molecule has 0 saturated carbocycles. The van der Waals surface area contributed by atoms with Crippen LogP contribution < -0.4 is 61.6 Å². The zero-order chi connectivity index (χ0) is 87.6. The molecule has 4 aromatic heterocycles. The average molecular weight is 1700 g/mol. The number of alkyl halides is 3. The summed E-state index contributed by atoms with van der Waals surface area (Å²) in [6, 6.07) is 37.2. The number of aromatic nitrogens is 6. The number of carbonyl (C=O) groups excluding carboxylic acids is 3. The van der Waals surface area contributed by atoms with Crippen molar-refractivity contribution in [1.82, 2.24) is 49.5 Å². The number of nitrogens with one attached hydrogen (secondary N) is 3. The Hall–Kier alpha value is -13.6. The largest absolute Gasteiger partial charge is 0.493 e. The van der Waals surface area contributed by atoms with Crippen molar-refractivity contribution in [2.24, 2.45) is 0 Å². The van der Waals surface area contributed by atoms with Gasteiger partial charge in [0.05, 0.1) is 72.5 Å². The number of aryl methyl sites for hydroxylation is 3. The van der Waals surface area contributed by atoms with Gasteiger partial charge in [-0.1, -0.05) is 71.1 Å². The van der Waals surface area contributed by atoms with Crippen molar-refractivity contribution >= 4 is 108 Å². The summed E-state index contributed by atoms with van der Waals surface area (Å²) >= 11 is 12.8. The molecule has 1 fully saturated rings. The SMILES string of the molecule is COc1cc2nc(N)nc(C#Cc3cc(C(=O)Nc4cc(Cl)c(OCCN(C)C)c(Cl)c4)ccc3C)c2cc1OC.COc1cc2nc(N)nc(C#Cc3cc(C(=O)Nc4ccc(OCCN(C)C)nc4)ccc3C)c2cc1OC.Cc1ccc(C(=O)Nc2ccc(CN3CCN(C)CC3)c(C(F)(F)F)c2)cc1C#Cc1c(N)ncc2ccc(F)cc12. The third kappa shape index (κ3) is 23.3. The molecule has 0 spiro atoms. The summed E-state index contributed by atoms with van der Waals surface area (Å²) < 4.78 is 88.7. The molecule has 12 aromatic rings. The second-order valence-electron chi connectivity index (χ2n) is 28.7. The fourth-order valence-electron chi connectivity index (χ4n) is 12.4. The summed E-state index contributed by atoms with van der Waals surface area (Å²) in [5.41, 5.74) is 26.2. The molecule has 1 aliphatic heterocycles. The van der Waals surface area contributed by atoms with E-state index < -0.39 is 23.5 Å². The number of nitrogens with zero attached hydrogens (tertiary/aromatic N) is 10. The van der Waals surface area contributed by atoms with Gasteiger partial charge < -0.3 is 76.3 Å². The van der Waals surface area contributed by atoms with Crippen LogP contribution in [0.5, 0.6) is 34.6 Å². The van der Waals surface area contributed by atoms with E-state index in [2.05, 4.69) is 86.3 Å². The number of pyridine rings is 2. The number of benzene rings is 8. The fraction of sp³-hybridized carbons (Fsp3) is 0.242. The van der Waals surface area contributed by atoms with E-state index in [-0.39, 0.29) is 52.9 Å². The minimum absolute atomic E-state index is 0.0410. The molecule has 3 amide bonds. The molecule has 0 aliphatic carbocycles. The topological polar surface area (TPSA) is 311 Å². The molecule has 0 unspecified atom stereocenters. The number of hydrogen-bond donors (Lipinski definition) is 6. The second-order valence-corrected chi connectivity index (χ2v) is 29.5. The standard InChI is InChI=1S/C32H29F4N5O.C30H29Cl2N5O4.C29H30N6O4/c1-20-3-4-22(15-21(20)7-10-27-28-16-25(33)8-5-23(28)18-38-30(27)37)31(42)39-26-9-6-24(29(17-26)32(34,35)36)19-41-13-11-40(2)12-14-41;1-17-6-7-19(29(38)34-20-13-22(31)28(23(32)14-20)41-11-10-37(2)3)12-18(17)8-9-24-21-15-26(39-4)27(40-5)16-25(21)36-30(33)35-24;1-18-6-7-20(28(36)32-21-9-11-27(31-17-21)39-13-12-35(2)3)14-19(18)8-10-23-22-15-25(37-4)26(38-5)16-24(22)34-29(30)33-23/h3-6,8-9,15-18H,11-14,19H2,1-2H3,(H2,37,38)(H,39,42);6-7,12-16H,10-11H2,1-5H3,(H,34,38)(H2,33,35,36);6-7,9,11,14-17H,12-13H2,1-5H3,(H,32,36)(H2,30,33,34). The number of hydrogen-bond acceptors (Lipinski definition) is 22. The van der Waals surface area contributed by atoms with E-state index >= 15 is 0 Å². The first-order valence-corrected chi connectivity index (χ1v) is 38.8. The lowest BCUT2D eigenvalue weighted by Crippen LogP contribution is -2.44. The fourth-order valence-corrected chi connectivity index (χ4v) is 13.0. The average Bonchev–Trinajstić information content (AvgIpc) is 0.774. The van der Waals surface area contributed by atoms with E-state index in [4.69, 9.17) is 68.8 Å². The van der Waals surface area contributed by atoms with Gasteiger partial charge in [-0.2, -0.15) is 13.2 Å². The molecule has 5 heterocycles. The van der Waals surface area contributed by atoms with Crippen molar-refractivity contribution in [2.75, 3.05) is 149 Å². The number of carbonyl (C=O) groups is 3. The molecule has 0 bridgehead atoms. The maximum Gasteiger partial charge on any atom is 0.416 e. The molecule has 628 valence electrons. The normalized spacial score (nSPS) is 12.0. The maximum atomic E-state index is 14.0. The minimum Gasteiger partial charge on any atom is -0.493 e. The number of halogens is 6. The van der Waals surface area contributed by atoms with Gasteiger partial charge in [-0.05, 0) is 187 Å². The van der Waals surface area contributed by atoms with E-state index in [1.54, 1.807) is 132 Å². The van der Waals surface area contributed by atoms with Gasteiger partial charge in [-0.3, -0.25) is 19.3 Å². The van der Waals surface area contributed by atoms with Crippen LogP contribution in [-0.2, 0) is 12.7 Å². The molecule has 31 heteroatoms. The van der Waals surface area contributed by atoms with Crippen LogP contribution in [0.15, 0.2) is 152 Å². The third-order valence-corrected chi connectivity index (χ3v) is 19.8. The number of anilines is 6. The summed E-state index contributed by atoms with van der Waals surface area (Å²) in [5.74, 6) is 20.0. The molecule has 13 rings (SSSR count). The molecular weight excluding hydrogens is 1610 g/mol. The summed E-state index contributed by atoms with van der Waals surface area (Å²) in [4.78, 5) is 72.9. The lowest BCUT2D eigenvalue weighted by molar-refractivity contribution is -0.138.